The van der Waals surface area contributed by atoms with E-state index in [-0.39, 0.29) is 0 Å². The molecule has 2 fully saturated rings. The van der Waals surface area contributed by atoms with Gasteiger partial charge in [-0.1, -0.05) is 53.0 Å². The maximum absolute atomic E-state index is 5.89. The van der Waals surface area contributed by atoms with Gasteiger partial charge in [-0.15, -0.1) is 0 Å². The highest BCUT2D eigenvalue weighted by Gasteiger charge is 2.37. The molecule has 0 amide bonds. The Morgan fingerprint density at radius 3 is 2.67 bits per heavy atom. The van der Waals surface area contributed by atoms with Crippen LogP contribution >= 0.6 is 15.9 Å². The maximum atomic E-state index is 5.89. The van der Waals surface area contributed by atoms with E-state index < -0.39 is 0 Å². The molecule has 4 rings (SSSR count). The van der Waals surface area contributed by atoms with Crippen LogP contribution in [0.4, 0.5) is 0 Å². The lowest BCUT2D eigenvalue weighted by Crippen LogP contribution is -2.19. The molecular formula is C21H24BrNO. The smallest absolute Gasteiger partial charge is 0.119 e. The number of halogens is 1. The summed E-state index contributed by atoms with van der Waals surface area (Å²) in [5, 5.41) is 3.71. The highest BCUT2D eigenvalue weighted by atomic mass is 79.9. The molecule has 2 nitrogen and oxygen atoms in total. The number of benzene rings is 2. The van der Waals surface area contributed by atoms with Crippen molar-refractivity contribution in [3.05, 3.63) is 64.1 Å². The molecule has 0 heterocycles. The summed E-state index contributed by atoms with van der Waals surface area (Å²) in [4.78, 5) is 0. The minimum atomic E-state index is 0.605. The molecule has 0 spiro atoms. The fourth-order valence-electron chi connectivity index (χ4n) is 3.27. The SMILES string of the molecule is Brc1cccc(COc2ccc(C3CC3NCCC3CC3)cc2)c1. The molecule has 2 unspecified atom stereocenters. The lowest BCUT2D eigenvalue weighted by atomic mass is 10.1. The monoisotopic (exact) mass is 385 g/mol. The first-order valence-electron chi connectivity index (χ1n) is 8.98. The van der Waals surface area contributed by atoms with Crippen LogP contribution in [0.2, 0.25) is 0 Å². The van der Waals surface area contributed by atoms with Gasteiger partial charge in [-0.2, -0.15) is 0 Å². The Bertz CT molecular complexity index is 680. The lowest BCUT2D eigenvalue weighted by molar-refractivity contribution is 0.306. The summed E-state index contributed by atoms with van der Waals surface area (Å²) in [7, 11) is 0. The standard InChI is InChI=1S/C21H24BrNO/c22-18-3-1-2-16(12-18)14-24-19-8-6-17(7-9-19)20-13-21(20)23-11-10-15-4-5-15/h1-3,6-9,12,15,20-21,23H,4-5,10-11,13-14H2. The van der Waals surface area contributed by atoms with E-state index in [0.717, 1.165) is 16.1 Å². The van der Waals surface area contributed by atoms with Gasteiger partial charge in [0.25, 0.3) is 0 Å². The number of hydrogen-bond acceptors (Lipinski definition) is 2. The Balaban J connectivity index is 1.24. The normalized spacial score (nSPS) is 22.4. The summed E-state index contributed by atoms with van der Waals surface area (Å²) >= 11 is 3.49. The topological polar surface area (TPSA) is 21.3 Å². The molecule has 2 saturated carbocycles. The third kappa shape index (κ3) is 4.40. The van der Waals surface area contributed by atoms with Crippen molar-refractivity contribution >= 4 is 15.9 Å². The molecule has 0 aliphatic heterocycles. The maximum Gasteiger partial charge on any atom is 0.119 e. The van der Waals surface area contributed by atoms with E-state index >= 15 is 0 Å². The summed E-state index contributed by atoms with van der Waals surface area (Å²) < 4.78 is 6.98. The van der Waals surface area contributed by atoms with Gasteiger partial charge in [-0.25, -0.2) is 0 Å². The van der Waals surface area contributed by atoms with E-state index in [1.807, 2.05) is 12.1 Å². The zero-order chi connectivity index (χ0) is 16.4. The van der Waals surface area contributed by atoms with E-state index in [1.165, 1.54) is 43.4 Å². The predicted octanol–water partition coefficient (Wildman–Crippen LogP) is 5.27. The Morgan fingerprint density at radius 1 is 1.08 bits per heavy atom. The fourth-order valence-corrected chi connectivity index (χ4v) is 3.72. The molecule has 0 radical (unpaired) electrons. The number of ether oxygens (including phenoxy) is 1. The molecule has 24 heavy (non-hydrogen) atoms. The first-order valence-corrected chi connectivity index (χ1v) is 9.78. The molecule has 0 aromatic heterocycles. The van der Waals surface area contributed by atoms with Crippen molar-refractivity contribution in [3.8, 4) is 5.75 Å². The lowest BCUT2D eigenvalue weighted by Gasteiger charge is -2.08. The largest absolute Gasteiger partial charge is 0.489 e. The quantitative estimate of drug-likeness (QED) is 0.667. The van der Waals surface area contributed by atoms with Crippen LogP contribution in [0.1, 0.15) is 42.7 Å². The summed E-state index contributed by atoms with van der Waals surface area (Å²) in [6, 6.07) is 17.6. The Morgan fingerprint density at radius 2 is 1.92 bits per heavy atom. The van der Waals surface area contributed by atoms with Gasteiger partial charge in [0.1, 0.15) is 12.4 Å². The molecule has 3 heteroatoms. The third-order valence-corrected chi connectivity index (χ3v) is 5.54. The van der Waals surface area contributed by atoms with Gasteiger partial charge in [0, 0.05) is 16.4 Å². The van der Waals surface area contributed by atoms with Crippen molar-refractivity contribution in [2.45, 2.75) is 44.2 Å². The molecule has 2 aromatic carbocycles. The van der Waals surface area contributed by atoms with Gasteiger partial charge in [0.15, 0.2) is 0 Å². The zero-order valence-electron chi connectivity index (χ0n) is 13.9. The molecule has 2 atom stereocenters. The Labute approximate surface area is 152 Å². The second kappa shape index (κ2) is 7.28. The van der Waals surface area contributed by atoms with E-state index in [2.05, 4.69) is 57.6 Å². The Kier molecular flexibility index (Phi) is 4.91. The molecule has 2 aromatic rings. The highest BCUT2D eigenvalue weighted by molar-refractivity contribution is 9.10. The van der Waals surface area contributed by atoms with Crippen LogP contribution < -0.4 is 10.1 Å². The molecule has 0 bridgehead atoms. The molecule has 2 aliphatic rings. The van der Waals surface area contributed by atoms with Crippen molar-refractivity contribution < 1.29 is 4.74 Å². The molecular weight excluding hydrogens is 362 g/mol. The van der Waals surface area contributed by atoms with Crippen molar-refractivity contribution in [1.29, 1.82) is 0 Å². The average molecular weight is 386 g/mol. The summed E-state index contributed by atoms with van der Waals surface area (Å²) in [6.07, 6.45) is 5.56. The average Bonchev–Trinajstić information content (AvgIpc) is 3.50. The van der Waals surface area contributed by atoms with Crippen LogP contribution in [0.25, 0.3) is 0 Å². The van der Waals surface area contributed by atoms with E-state index in [4.69, 9.17) is 4.74 Å². The third-order valence-electron chi connectivity index (χ3n) is 5.05. The van der Waals surface area contributed by atoms with Gasteiger partial charge in [-0.3, -0.25) is 0 Å². The van der Waals surface area contributed by atoms with E-state index in [9.17, 15) is 0 Å². The predicted molar refractivity (Wildman–Crippen MR) is 101 cm³/mol. The van der Waals surface area contributed by atoms with Crippen LogP contribution in [-0.4, -0.2) is 12.6 Å². The van der Waals surface area contributed by atoms with Crippen molar-refractivity contribution in [2.24, 2.45) is 5.92 Å². The molecule has 126 valence electrons. The van der Waals surface area contributed by atoms with Crippen LogP contribution in [0.5, 0.6) is 5.75 Å². The fraction of sp³-hybridized carbons (Fsp3) is 0.429. The van der Waals surface area contributed by atoms with Crippen LogP contribution in [0.3, 0.4) is 0 Å². The van der Waals surface area contributed by atoms with Crippen LogP contribution in [0.15, 0.2) is 53.0 Å². The number of nitrogens with one attached hydrogen (secondary N) is 1. The Hall–Kier alpha value is -1.32. The van der Waals surface area contributed by atoms with Gasteiger partial charge in [-0.05, 0) is 60.7 Å². The van der Waals surface area contributed by atoms with Gasteiger partial charge >= 0.3 is 0 Å². The highest BCUT2D eigenvalue weighted by Crippen LogP contribution is 2.41. The minimum Gasteiger partial charge on any atom is -0.489 e. The number of hydrogen-bond donors (Lipinski definition) is 1. The second-order valence-electron chi connectivity index (χ2n) is 7.12. The minimum absolute atomic E-state index is 0.605. The summed E-state index contributed by atoms with van der Waals surface area (Å²) in [5.74, 6) is 2.66. The van der Waals surface area contributed by atoms with Crippen molar-refractivity contribution in [1.82, 2.24) is 5.32 Å². The molecule has 0 saturated heterocycles. The van der Waals surface area contributed by atoms with Crippen LogP contribution in [-0.2, 0) is 6.61 Å². The van der Waals surface area contributed by atoms with Gasteiger partial charge < -0.3 is 10.1 Å². The molecule has 1 N–H and O–H groups in total. The van der Waals surface area contributed by atoms with Crippen molar-refractivity contribution in [2.75, 3.05) is 6.54 Å². The summed E-state index contributed by atoms with van der Waals surface area (Å²) in [6.45, 7) is 1.80. The van der Waals surface area contributed by atoms with Crippen molar-refractivity contribution in [3.63, 3.8) is 0 Å². The van der Waals surface area contributed by atoms with E-state index in [1.54, 1.807) is 0 Å². The molecule has 2 aliphatic carbocycles. The second-order valence-corrected chi connectivity index (χ2v) is 8.04. The first kappa shape index (κ1) is 16.2. The van der Waals surface area contributed by atoms with E-state index in [0.29, 0.717) is 18.6 Å². The van der Waals surface area contributed by atoms with Gasteiger partial charge in [0.05, 0.1) is 0 Å². The number of rotatable bonds is 8. The van der Waals surface area contributed by atoms with Crippen LogP contribution in [0, 0.1) is 5.92 Å². The van der Waals surface area contributed by atoms with Gasteiger partial charge in [0.2, 0.25) is 0 Å². The summed E-state index contributed by atoms with van der Waals surface area (Å²) in [5.41, 5.74) is 2.62. The zero-order valence-corrected chi connectivity index (χ0v) is 15.5. The first-order chi connectivity index (χ1) is 11.8.